The number of benzene rings is 2. The van der Waals surface area contributed by atoms with E-state index in [0.717, 1.165) is 5.56 Å². The quantitative estimate of drug-likeness (QED) is 0.567. The summed E-state index contributed by atoms with van der Waals surface area (Å²) in [4.78, 5) is 36.0. The highest BCUT2D eigenvalue weighted by Gasteiger charge is 2.18. The minimum Gasteiger partial charge on any atom is -0.496 e. The van der Waals surface area contributed by atoms with Gasteiger partial charge in [0.2, 0.25) is 0 Å². The molecule has 0 saturated carbocycles. The molecular weight excluding hydrogens is 338 g/mol. The lowest BCUT2D eigenvalue weighted by atomic mass is 10.2. The van der Waals surface area contributed by atoms with Gasteiger partial charge in [-0.2, -0.15) is 0 Å². The number of nitrogens with one attached hydrogen (secondary N) is 3. The largest absolute Gasteiger partial charge is 0.496 e. The Morgan fingerprint density at radius 2 is 1.54 bits per heavy atom. The second-order valence-corrected chi connectivity index (χ2v) is 5.27. The van der Waals surface area contributed by atoms with Gasteiger partial charge in [0, 0.05) is 0 Å². The summed E-state index contributed by atoms with van der Waals surface area (Å²) in [6.07, 6.45) is 0. The number of carbonyl (C=O) groups is 3. The Hall–Kier alpha value is -3.55. The van der Waals surface area contributed by atoms with Gasteiger partial charge in [0.15, 0.2) is 0 Å². The van der Waals surface area contributed by atoms with E-state index >= 15 is 0 Å². The molecule has 0 aliphatic heterocycles. The maximum absolute atomic E-state index is 12.1. The van der Waals surface area contributed by atoms with Crippen LogP contribution < -0.4 is 25.6 Å². The van der Waals surface area contributed by atoms with E-state index in [0.29, 0.717) is 17.2 Å². The number of methoxy groups -OCH3 is 2. The zero-order valence-corrected chi connectivity index (χ0v) is 14.6. The molecule has 0 aliphatic carbocycles. The molecule has 0 saturated heterocycles. The van der Waals surface area contributed by atoms with E-state index in [-0.39, 0.29) is 5.56 Å². The van der Waals surface area contributed by atoms with Crippen LogP contribution >= 0.6 is 0 Å². The molecule has 0 aromatic heterocycles. The molecule has 0 aliphatic rings. The van der Waals surface area contributed by atoms with Crippen LogP contribution in [-0.4, -0.2) is 31.9 Å². The number of amides is 3. The third-order valence-corrected chi connectivity index (χ3v) is 3.45. The lowest BCUT2D eigenvalue weighted by molar-refractivity contribution is -0.136. The molecule has 2 aromatic carbocycles. The van der Waals surface area contributed by atoms with Crippen molar-refractivity contribution in [2.45, 2.75) is 6.92 Å². The van der Waals surface area contributed by atoms with E-state index in [4.69, 9.17) is 9.47 Å². The van der Waals surface area contributed by atoms with E-state index in [1.165, 1.54) is 20.3 Å². The zero-order chi connectivity index (χ0) is 19.1. The molecule has 0 atom stereocenters. The van der Waals surface area contributed by atoms with Crippen LogP contribution in [0.25, 0.3) is 0 Å². The minimum atomic E-state index is -1.03. The summed E-state index contributed by atoms with van der Waals surface area (Å²) >= 11 is 0. The Balaban J connectivity index is 1.98. The fourth-order valence-corrected chi connectivity index (χ4v) is 2.17. The summed E-state index contributed by atoms with van der Waals surface area (Å²) < 4.78 is 10.2. The standard InChI is InChI=1S/C18H19N3O5/c1-11-8-9-15(26-3)13(10-11)19-17(23)18(24)21-20-16(22)12-6-4-5-7-14(12)25-2/h4-10H,1-3H3,(H,19,23)(H,20,22)(H,21,24). The van der Waals surface area contributed by atoms with Crippen molar-refractivity contribution >= 4 is 23.4 Å². The topological polar surface area (TPSA) is 106 Å². The smallest absolute Gasteiger partial charge is 0.328 e. The van der Waals surface area contributed by atoms with Crippen LogP contribution in [0.15, 0.2) is 42.5 Å². The number of hydrazine groups is 1. The fraction of sp³-hybridized carbons (Fsp3) is 0.167. The number of carbonyl (C=O) groups excluding carboxylic acids is 3. The second kappa shape index (κ2) is 8.52. The van der Waals surface area contributed by atoms with Gasteiger partial charge in [-0.25, -0.2) is 0 Å². The molecule has 0 bridgehead atoms. The lowest BCUT2D eigenvalue weighted by Crippen LogP contribution is -2.46. The van der Waals surface area contributed by atoms with Crippen molar-refractivity contribution in [1.29, 1.82) is 0 Å². The van der Waals surface area contributed by atoms with Crippen molar-refractivity contribution in [3.8, 4) is 11.5 Å². The van der Waals surface area contributed by atoms with Crippen LogP contribution in [0.3, 0.4) is 0 Å². The molecule has 0 fully saturated rings. The van der Waals surface area contributed by atoms with Crippen LogP contribution in [-0.2, 0) is 9.59 Å². The van der Waals surface area contributed by atoms with Gasteiger partial charge in [-0.3, -0.25) is 25.2 Å². The monoisotopic (exact) mass is 357 g/mol. The molecule has 2 aromatic rings. The predicted molar refractivity (Wildman–Crippen MR) is 95.0 cm³/mol. The number of hydrogen-bond donors (Lipinski definition) is 3. The van der Waals surface area contributed by atoms with Crippen molar-refractivity contribution in [1.82, 2.24) is 10.9 Å². The summed E-state index contributed by atoms with van der Waals surface area (Å²) in [5.74, 6) is -1.84. The molecule has 136 valence electrons. The van der Waals surface area contributed by atoms with Crippen molar-refractivity contribution in [3.05, 3.63) is 53.6 Å². The molecule has 0 spiro atoms. The highest BCUT2D eigenvalue weighted by Crippen LogP contribution is 2.25. The lowest BCUT2D eigenvalue weighted by Gasteiger charge is -2.12. The predicted octanol–water partition coefficient (Wildman–Crippen LogP) is 1.41. The van der Waals surface area contributed by atoms with Gasteiger partial charge in [-0.05, 0) is 36.8 Å². The van der Waals surface area contributed by atoms with Gasteiger partial charge in [0.25, 0.3) is 5.91 Å². The molecule has 0 radical (unpaired) electrons. The number of rotatable bonds is 4. The van der Waals surface area contributed by atoms with Gasteiger partial charge >= 0.3 is 11.8 Å². The van der Waals surface area contributed by atoms with Crippen molar-refractivity contribution < 1.29 is 23.9 Å². The fourth-order valence-electron chi connectivity index (χ4n) is 2.17. The van der Waals surface area contributed by atoms with E-state index in [1.807, 2.05) is 13.0 Å². The van der Waals surface area contributed by atoms with E-state index in [9.17, 15) is 14.4 Å². The molecule has 8 nitrogen and oxygen atoms in total. The molecule has 3 N–H and O–H groups in total. The summed E-state index contributed by atoms with van der Waals surface area (Å²) in [6, 6.07) is 11.6. The second-order valence-electron chi connectivity index (χ2n) is 5.27. The maximum atomic E-state index is 12.1. The van der Waals surface area contributed by atoms with Gasteiger partial charge < -0.3 is 14.8 Å². The first-order valence-electron chi connectivity index (χ1n) is 7.65. The number of ether oxygens (including phenoxy) is 2. The molecule has 26 heavy (non-hydrogen) atoms. The molecule has 0 unspecified atom stereocenters. The summed E-state index contributed by atoms with van der Waals surface area (Å²) in [5.41, 5.74) is 5.68. The van der Waals surface area contributed by atoms with E-state index in [2.05, 4.69) is 16.2 Å². The van der Waals surface area contributed by atoms with Crippen LogP contribution in [0.2, 0.25) is 0 Å². The number of aryl methyl sites for hydroxylation is 1. The normalized spacial score (nSPS) is 9.81. The highest BCUT2D eigenvalue weighted by molar-refractivity contribution is 6.39. The summed E-state index contributed by atoms with van der Waals surface area (Å²) in [7, 11) is 2.88. The third kappa shape index (κ3) is 4.50. The average Bonchev–Trinajstić information content (AvgIpc) is 2.65. The Morgan fingerprint density at radius 3 is 2.23 bits per heavy atom. The molecule has 0 heterocycles. The zero-order valence-electron chi connectivity index (χ0n) is 14.6. The SMILES string of the molecule is COc1ccc(C)cc1NC(=O)C(=O)NNC(=O)c1ccccc1OC. The van der Waals surface area contributed by atoms with Crippen LogP contribution in [0.4, 0.5) is 5.69 Å². The van der Waals surface area contributed by atoms with Crippen molar-refractivity contribution in [2.75, 3.05) is 19.5 Å². The summed E-state index contributed by atoms with van der Waals surface area (Å²) in [5, 5.41) is 2.44. The van der Waals surface area contributed by atoms with Gasteiger partial charge in [0.1, 0.15) is 11.5 Å². The van der Waals surface area contributed by atoms with Crippen molar-refractivity contribution in [3.63, 3.8) is 0 Å². The van der Waals surface area contributed by atoms with E-state index in [1.54, 1.807) is 30.3 Å². The highest BCUT2D eigenvalue weighted by atomic mass is 16.5. The summed E-state index contributed by atoms with van der Waals surface area (Å²) in [6.45, 7) is 1.84. The van der Waals surface area contributed by atoms with Gasteiger partial charge in [-0.1, -0.05) is 18.2 Å². The van der Waals surface area contributed by atoms with Crippen molar-refractivity contribution in [2.24, 2.45) is 0 Å². The van der Waals surface area contributed by atoms with Crippen LogP contribution in [0.1, 0.15) is 15.9 Å². The van der Waals surface area contributed by atoms with Crippen LogP contribution in [0, 0.1) is 6.92 Å². The number of para-hydroxylation sites is 1. The minimum absolute atomic E-state index is 0.219. The molecule has 8 heteroatoms. The third-order valence-electron chi connectivity index (χ3n) is 3.45. The van der Waals surface area contributed by atoms with E-state index < -0.39 is 17.7 Å². The Bertz CT molecular complexity index is 835. The average molecular weight is 357 g/mol. The first-order chi connectivity index (χ1) is 12.5. The number of hydrogen-bond acceptors (Lipinski definition) is 5. The molecule has 3 amide bonds. The Labute approximate surface area is 150 Å². The first-order valence-corrected chi connectivity index (χ1v) is 7.65. The van der Waals surface area contributed by atoms with Gasteiger partial charge in [0.05, 0.1) is 25.5 Å². The maximum Gasteiger partial charge on any atom is 0.328 e. The molecular formula is C18H19N3O5. The first kappa shape index (κ1) is 18.8. The number of anilines is 1. The molecule has 2 rings (SSSR count). The van der Waals surface area contributed by atoms with Gasteiger partial charge in [-0.15, -0.1) is 0 Å². The van der Waals surface area contributed by atoms with Crippen LogP contribution in [0.5, 0.6) is 11.5 Å². The Morgan fingerprint density at radius 1 is 0.846 bits per heavy atom. The Kier molecular flexibility index (Phi) is 6.15.